The number of benzene rings is 2. The number of hydrogen-bond donors (Lipinski definition) is 1. The molecule has 0 unspecified atom stereocenters. The van der Waals surface area contributed by atoms with Crippen molar-refractivity contribution in [1.29, 1.82) is 0 Å². The van der Waals surface area contributed by atoms with Crippen LogP contribution in [0.15, 0.2) is 40.8 Å². The Kier molecular flexibility index (Phi) is 2.91. The van der Waals surface area contributed by atoms with E-state index in [0.29, 0.717) is 27.7 Å². The van der Waals surface area contributed by atoms with E-state index < -0.39 is 0 Å². The number of nitrogen functional groups attached to an aromatic ring is 1. The molecule has 2 aromatic carbocycles. The first kappa shape index (κ1) is 11.8. The Bertz CT molecular complexity index is 700. The van der Waals surface area contributed by atoms with Gasteiger partial charge in [-0.25, -0.2) is 4.98 Å². The van der Waals surface area contributed by atoms with Crippen LogP contribution in [0.4, 0.5) is 5.69 Å². The van der Waals surface area contributed by atoms with Crippen LogP contribution in [0, 0.1) is 3.57 Å². The zero-order valence-corrected chi connectivity index (χ0v) is 12.1. The number of halogens is 2. The molecule has 0 spiro atoms. The zero-order valence-electron chi connectivity index (χ0n) is 9.15. The summed E-state index contributed by atoms with van der Waals surface area (Å²) in [5, 5.41) is 0.491. The average Bonchev–Trinajstić information content (AvgIpc) is 2.73. The van der Waals surface area contributed by atoms with Crippen molar-refractivity contribution >= 4 is 51.0 Å². The van der Waals surface area contributed by atoms with Crippen LogP contribution >= 0.6 is 34.2 Å². The third-order valence-electron chi connectivity index (χ3n) is 2.58. The monoisotopic (exact) mass is 370 g/mol. The smallest absolute Gasteiger partial charge is 0.227 e. The van der Waals surface area contributed by atoms with Crippen molar-refractivity contribution in [1.82, 2.24) is 4.98 Å². The third kappa shape index (κ3) is 2.06. The van der Waals surface area contributed by atoms with Gasteiger partial charge in [-0.2, -0.15) is 0 Å². The van der Waals surface area contributed by atoms with Crippen LogP contribution in [0.2, 0.25) is 5.02 Å². The van der Waals surface area contributed by atoms with Crippen molar-refractivity contribution in [3.05, 3.63) is 45.0 Å². The van der Waals surface area contributed by atoms with Gasteiger partial charge in [0.25, 0.3) is 0 Å². The third-order valence-corrected chi connectivity index (χ3v) is 3.58. The number of oxazole rings is 1. The summed E-state index contributed by atoms with van der Waals surface area (Å²) in [4.78, 5) is 4.42. The highest BCUT2D eigenvalue weighted by atomic mass is 127. The van der Waals surface area contributed by atoms with Gasteiger partial charge in [0.1, 0.15) is 5.52 Å². The first-order chi connectivity index (χ1) is 8.63. The molecule has 18 heavy (non-hydrogen) atoms. The van der Waals surface area contributed by atoms with E-state index in [2.05, 4.69) is 27.6 Å². The highest BCUT2D eigenvalue weighted by molar-refractivity contribution is 14.1. The molecule has 3 aromatic rings. The molecule has 0 bridgehead atoms. The second kappa shape index (κ2) is 4.44. The molecule has 3 rings (SSSR count). The van der Waals surface area contributed by atoms with E-state index >= 15 is 0 Å². The summed E-state index contributed by atoms with van der Waals surface area (Å²) < 4.78 is 6.82. The predicted octanol–water partition coefficient (Wildman–Crippen LogP) is 4.34. The number of nitrogens with two attached hydrogens (primary N) is 1. The van der Waals surface area contributed by atoms with Crippen LogP contribution in [0.5, 0.6) is 0 Å². The quantitative estimate of drug-likeness (QED) is 0.512. The summed E-state index contributed by atoms with van der Waals surface area (Å²) in [5.41, 5.74) is 8.53. The number of hydrogen-bond acceptors (Lipinski definition) is 3. The van der Waals surface area contributed by atoms with E-state index in [0.717, 1.165) is 9.13 Å². The van der Waals surface area contributed by atoms with Crippen molar-refractivity contribution in [2.75, 3.05) is 5.73 Å². The molecule has 0 aliphatic carbocycles. The molecule has 0 fully saturated rings. The van der Waals surface area contributed by atoms with Gasteiger partial charge in [-0.05, 0) is 46.9 Å². The van der Waals surface area contributed by atoms with E-state index in [-0.39, 0.29) is 0 Å². The first-order valence-electron chi connectivity index (χ1n) is 5.25. The van der Waals surface area contributed by atoms with E-state index in [1.54, 1.807) is 12.1 Å². The van der Waals surface area contributed by atoms with E-state index in [4.69, 9.17) is 21.8 Å². The van der Waals surface area contributed by atoms with Gasteiger partial charge in [0.15, 0.2) is 5.58 Å². The Morgan fingerprint density at radius 1 is 1.22 bits per heavy atom. The zero-order chi connectivity index (χ0) is 12.7. The topological polar surface area (TPSA) is 52.0 Å². The van der Waals surface area contributed by atoms with Crippen LogP contribution in [-0.4, -0.2) is 4.98 Å². The summed E-state index contributed by atoms with van der Waals surface area (Å²) in [6, 6.07) is 11.4. The lowest BCUT2D eigenvalue weighted by atomic mass is 10.2. The van der Waals surface area contributed by atoms with Crippen molar-refractivity contribution in [2.45, 2.75) is 0 Å². The normalized spacial score (nSPS) is 11.0. The lowest BCUT2D eigenvalue weighted by Gasteiger charge is -1.95. The van der Waals surface area contributed by atoms with Crippen LogP contribution in [-0.2, 0) is 0 Å². The minimum atomic E-state index is 0.491. The minimum absolute atomic E-state index is 0.491. The molecule has 0 aliphatic rings. The molecule has 0 saturated carbocycles. The van der Waals surface area contributed by atoms with Gasteiger partial charge in [0.2, 0.25) is 5.89 Å². The molecule has 1 aromatic heterocycles. The van der Waals surface area contributed by atoms with Gasteiger partial charge < -0.3 is 10.2 Å². The minimum Gasteiger partial charge on any atom is -0.436 e. The first-order valence-corrected chi connectivity index (χ1v) is 6.70. The molecular weight excluding hydrogens is 363 g/mol. The number of fused-ring (bicyclic) bond motifs is 1. The van der Waals surface area contributed by atoms with E-state index in [1.165, 1.54) is 0 Å². The number of anilines is 1. The van der Waals surface area contributed by atoms with Gasteiger partial charge in [0.05, 0.1) is 10.7 Å². The van der Waals surface area contributed by atoms with Crippen LogP contribution in [0.25, 0.3) is 22.6 Å². The average molecular weight is 371 g/mol. The summed E-state index contributed by atoms with van der Waals surface area (Å²) >= 11 is 8.21. The van der Waals surface area contributed by atoms with Gasteiger partial charge in [0, 0.05) is 15.2 Å². The fourth-order valence-electron chi connectivity index (χ4n) is 1.71. The maximum absolute atomic E-state index is 5.96. The standard InChI is InChI=1S/C13H8ClIN2O/c14-9-5-11-12(6-10(9)16)18-13(17-11)7-2-1-3-8(15)4-7/h1-6H,16H2. The summed E-state index contributed by atoms with van der Waals surface area (Å²) in [6.07, 6.45) is 0. The second-order valence-corrected chi connectivity index (χ2v) is 5.52. The van der Waals surface area contributed by atoms with Gasteiger partial charge in [-0.1, -0.05) is 17.7 Å². The number of nitrogens with zero attached hydrogens (tertiary/aromatic N) is 1. The lowest BCUT2D eigenvalue weighted by molar-refractivity contribution is 0.620. The second-order valence-electron chi connectivity index (χ2n) is 3.87. The molecule has 2 N–H and O–H groups in total. The highest BCUT2D eigenvalue weighted by Gasteiger charge is 2.10. The molecule has 1 heterocycles. The van der Waals surface area contributed by atoms with Gasteiger partial charge >= 0.3 is 0 Å². The molecule has 5 heteroatoms. The summed E-state index contributed by atoms with van der Waals surface area (Å²) in [5.74, 6) is 0.574. The van der Waals surface area contributed by atoms with Crippen molar-refractivity contribution < 1.29 is 4.42 Å². The number of aromatic nitrogens is 1. The Labute approximate surface area is 122 Å². The van der Waals surface area contributed by atoms with E-state index in [9.17, 15) is 0 Å². The SMILES string of the molecule is Nc1cc2oc(-c3cccc(I)c3)nc2cc1Cl. The molecule has 3 nitrogen and oxygen atoms in total. The largest absolute Gasteiger partial charge is 0.436 e. The fourth-order valence-corrected chi connectivity index (χ4v) is 2.41. The van der Waals surface area contributed by atoms with Gasteiger partial charge in [-0.3, -0.25) is 0 Å². The molecule has 0 amide bonds. The maximum atomic E-state index is 5.96. The summed E-state index contributed by atoms with van der Waals surface area (Å²) in [6.45, 7) is 0. The highest BCUT2D eigenvalue weighted by Crippen LogP contribution is 2.30. The van der Waals surface area contributed by atoms with Crippen molar-refractivity contribution in [2.24, 2.45) is 0 Å². The lowest BCUT2D eigenvalue weighted by Crippen LogP contribution is -1.84. The molecule has 0 radical (unpaired) electrons. The fraction of sp³-hybridized carbons (Fsp3) is 0. The van der Waals surface area contributed by atoms with Crippen molar-refractivity contribution in [3.63, 3.8) is 0 Å². The Hall–Kier alpha value is -1.27. The van der Waals surface area contributed by atoms with Crippen LogP contribution < -0.4 is 5.73 Å². The Morgan fingerprint density at radius 2 is 2.06 bits per heavy atom. The van der Waals surface area contributed by atoms with Crippen LogP contribution in [0.3, 0.4) is 0 Å². The van der Waals surface area contributed by atoms with Crippen LogP contribution in [0.1, 0.15) is 0 Å². The summed E-state index contributed by atoms with van der Waals surface area (Å²) in [7, 11) is 0. The molecule has 0 aliphatic heterocycles. The van der Waals surface area contributed by atoms with Gasteiger partial charge in [-0.15, -0.1) is 0 Å². The molecule has 0 saturated heterocycles. The number of rotatable bonds is 1. The molecule has 0 atom stereocenters. The Morgan fingerprint density at radius 3 is 2.83 bits per heavy atom. The van der Waals surface area contributed by atoms with Crippen molar-refractivity contribution in [3.8, 4) is 11.5 Å². The predicted molar refractivity (Wildman–Crippen MR) is 81.6 cm³/mol. The molecular formula is C13H8ClIN2O. The maximum Gasteiger partial charge on any atom is 0.227 e. The molecule has 90 valence electrons. The Balaban J connectivity index is 2.19. The van der Waals surface area contributed by atoms with E-state index in [1.807, 2.05) is 24.3 Å².